The highest BCUT2D eigenvalue weighted by molar-refractivity contribution is 5.93. The third-order valence-electron chi connectivity index (χ3n) is 3.32. The monoisotopic (exact) mass is 267 g/mol. The SMILES string of the molecule is CC1COCCN1Cc1cc(C(=O)NN)ccc1F. The van der Waals surface area contributed by atoms with Crippen molar-refractivity contribution >= 4 is 5.91 Å². The molecule has 1 aliphatic rings. The van der Waals surface area contributed by atoms with Crippen LogP contribution < -0.4 is 11.3 Å². The van der Waals surface area contributed by atoms with Crippen molar-refractivity contribution in [3.05, 3.63) is 35.1 Å². The number of nitrogens with two attached hydrogens (primary N) is 1. The predicted octanol–water partition coefficient (Wildman–Crippen LogP) is 0.650. The molecule has 19 heavy (non-hydrogen) atoms. The Balaban J connectivity index is 2.16. The van der Waals surface area contributed by atoms with Crippen LogP contribution in [0.4, 0.5) is 4.39 Å². The number of nitrogens with zero attached hydrogens (tertiary/aromatic N) is 1. The largest absolute Gasteiger partial charge is 0.379 e. The first-order valence-electron chi connectivity index (χ1n) is 6.23. The summed E-state index contributed by atoms with van der Waals surface area (Å²) in [4.78, 5) is 13.6. The summed E-state index contributed by atoms with van der Waals surface area (Å²) in [6.07, 6.45) is 0. The van der Waals surface area contributed by atoms with Crippen LogP contribution in [-0.4, -0.2) is 36.6 Å². The molecule has 5 nitrogen and oxygen atoms in total. The molecule has 1 atom stereocenters. The summed E-state index contributed by atoms with van der Waals surface area (Å²) < 4.78 is 19.1. The molecule has 2 rings (SSSR count). The lowest BCUT2D eigenvalue weighted by Crippen LogP contribution is -2.43. The van der Waals surface area contributed by atoms with Crippen molar-refractivity contribution in [3.63, 3.8) is 0 Å². The summed E-state index contributed by atoms with van der Waals surface area (Å²) in [5.74, 6) is 4.35. The number of hydrazine groups is 1. The van der Waals surface area contributed by atoms with Crippen molar-refractivity contribution in [2.45, 2.75) is 19.5 Å². The molecule has 104 valence electrons. The number of morpholine rings is 1. The Bertz CT molecular complexity index is 467. The maximum Gasteiger partial charge on any atom is 0.265 e. The second-order valence-electron chi connectivity index (χ2n) is 4.67. The van der Waals surface area contributed by atoms with Crippen molar-refractivity contribution in [2.24, 2.45) is 5.84 Å². The fraction of sp³-hybridized carbons (Fsp3) is 0.462. The molecule has 1 aliphatic heterocycles. The third-order valence-corrected chi connectivity index (χ3v) is 3.32. The Morgan fingerprint density at radius 3 is 3.11 bits per heavy atom. The molecule has 0 bridgehead atoms. The average Bonchev–Trinajstić information content (AvgIpc) is 2.42. The first-order valence-corrected chi connectivity index (χ1v) is 6.23. The van der Waals surface area contributed by atoms with Crippen molar-refractivity contribution < 1.29 is 13.9 Å². The number of carbonyl (C=O) groups excluding carboxylic acids is 1. The summed E-state index contributed by atoms with van der Waals surface area (Å²) in [5.41, 5.74) is 2.90. The Labute approximate surface area is 111 Å². The van der Waals surface area contributed by atoms with Gasteiger partial charge in [-0.15, -0.1) is 0 Å². The van der Waals surface area contributed by atoms with Crippen molar-refractivity contribution in [3.8, 4) is 0 Å². The van der Waals surface area contributed by atoms with E-state index in [1.165, 1.54) is 12.1 Å². The minimum absolute atomic E-state index is 0.236. The topological polar surface area (TPSA) is 67.6 Å². The smallest absolute Gasteiger partial charge is 0.265 e. The average molecular weight is 267 g/mol. The fourth-order valence-corrected chi connectivity index (χ4v) is 2.14. The van der Waals surface area contributed by atoms with Crippen LogP contribution in [-0.2, 0) is 11.3 Å². The number of halogens is 1. The highest BCUT2D eigenvalue weighted by atomic mass is 19.1. The van der Waals surface area contributed by atoms with E-state index in [1.54, 1.807) is 6.07 Å². The molecule has 1 fully saturated rings. The van der Waals surface area contributed by atoms with Crippen LogP contribution >= 0.6 is 0 Å². The Hall–Kier alpha value is -1.50. The number of hydrogen-bond donors (Lipinski definition) is 2. The van der Waals surface area contributed by atoms with Crippen LogP contribution in [0.3, 0.4) is 0 Å². The Kier molecular flexibility index (Phi) is 4.47. The lowest BCUT2D eigenvalue weighted by Gasteiger charge is -2.33. The molecule has 1 aromatic carbocycles. The van der Waals surface area contributed by atoms with Gasteiger partial charge in [-0.3, -0.25) is 15.1 Å². The minimum Gasteiger partial charge on any atom is -0.379 e. The summed E-state index contributed by atoms with van der Waals surface area (Å²) in [6.45, 7) is 4.54. The number of rotatable bonds is 3. The van der Waals surface area contributed by atoms with Gasteiger partial charge >= 0.3 is 0 Å². The fourth-order valence-electron chi connectivity index (χ4n) is 2.14. The molecule has 3 N–H and O–H groups in total. The second-order valence-corrected chi connectivity index (χ2v) is 4.67. The summed E-state index contributed by atoms with van der Waals surface area (Å²) in [6, 6.07) is 4.49. The van der Waals surface area contributed by atoms with Gasteiger partial charge in [0.05, 0.1) is 13.2 Å². The highest BCUT2D eigenvalue weighted by Gasteiger charge is 2.20. The van der Waals surface area contributed by atoms with E-state index < -0.39 is 5.91 Å². The molecule has 1 heterocycles. The molecular weight excluding hydrogens is 249 g/mol. The van der Waals surface area contributed by atoms with E-state index >= 15 is 0 Å². The molecule has 1 aromatic rings. The van der Waals surface area contributed by atoms with Gasteiger partial charge in [-0.25, -0.2) is 10.2 Å². The number of ether oxygens (including phenoxy) is 1. The number of hydrogen-bond acceptors (Lipinski definition) is 4. The Morgan fingerprint density at radius 1 is 1.63 bits per heavy atom. The van der Waals surface area contributed by atoms with E-state index in [9.17, 15) is 9.18 Å². The van der Waals surface area contributed by atoms with E-state index in [4.69, 9.17) is 10.6 Å². The van der Waals surface area contributed by atoms with Gasteiger partial charge in [-0.2, -0.15) is 0 Å². The van der Waals surface area contributed by atoms with Crippen molar-refractivity contribution in [2.75, 3.05) is 19.8 Å². The standard InChI is InChI=1S/C13H18FN3O2/c1-9-8-19-5-4-17(9)7-11-6-10(13(18)16-15)2-3-12(11)14/h2-3,6,9H,4-5,7-8,15H2,1H3,(H,16,18). The molecule has 1 saturated heterocycles. The number of benzene rings is 1. The van der Waals surface area contributed by atoms with Gasteiger partial charge in [0.25, 0.3) is 5.91 Å². The summed E-state index contributed by atoms with van der Waals surface area (Å²) in [7, 11) is 0. The number of nitrogens with one attached hydrogen (secondary N) is 1. The van der Waals surface area contributed by atoms with Crippen LogP contribution in [0, 0.1) is 5.82 Å². The molecular formula is C13H18FN3O2. The normalized spacial score (nSPS) is 20.3. The summed E-state index contributed by atoms with van der Waals surface area (Å²) in [5, 5.41) is 0. The van der Waals surface area contributed by atoms with Crippen LogP contribution in [0.15, 0.2) is 18.2 Å². The van der Waals surface area contributed by atoms with Gasteiger partial charge in [0.1, 0.15) is 5.82 Å². The van der Waals surface area contributed by atoms with Gasteiger partial charge in [0.15, 0.2) is 0 Å². The van der Waals surface area contributed by atoms with E-state index in [-0.39, 0.29) is 11.9 Å². The maximum absolute atomic E-state index is 13.8. The molecule has 0 spiro atoms. The van der Waals surface area contributed by atoms with Gasteiger partial charge < -0.3 is 4.74 Å². The molecule has 0 saturated carbocycles. The third kappa shape index (κ3) is 3.28. The summed E-state index contributed by atoms with van der Waals surface area (Å²) >= 11 is 0. The highest BCUT2D eigenvalue weighted by Crippen LogP contribution is 2.16. The molecule has 1 unspecified atom stereocenters. The van der Waals surface area contributed by atoms with Gasteiger partial charge in [0.2, 0.25) is 0 Å². The maximum atomic E-state index is 13.8. The molecule has 6 heteroatoms. The van der Waals surface area contributed by atoms with E-state index in [0.717, 1.165) is 6.54 Å². The van der Waals surface area contributed by atoms with E-state index in [2.05, 4.69) is 4.90 Å². The zero-order chi connectivity index (χ0) is 13.8. The lowest BCUT2D eigenvalue weighted by molar-refractivity contribution is -0.00481. The zero-order valence-corrected chi connectivity index (χ0v) is 10.9. The molecule has 0 aliphatic carbocycles. The number of amides is 1. The van der Waals surface area contributed by atoms with Crippen LogP contribution in [0.5, 0.6) is 0 Å². The molecule has 0 aromatic heterocycles. The first kappa shape index (κ1) is 13.9. The van der Waals surface area contributed by atoms with Gasteiger partial charge in [0, 0.05) is 30.3 Å². The van der Waals surface area contributed by atoms with Gasteiger partial charge in [-0.1, -0.05) is 0 Å². The van der Waals surface area contributed by atoms with E-state index in [0.29, 0.717) is 30.9 Å². The second kappa shape index (κ2) is 6.10. The quantitative estimate of drug-likeness (QED) is 0.479. The van der Waals surface area contributed by atoms with E-state index in [1.807, 2.05) is 12.3 Å². The van der Waals surface area contributed by atoms with Crippen LogP contribution in [0.25, 0.3) is 0 Å². The first-order chi connectivity index (χ1) is 9.11. The van der Waals surface area contributed by atoms with Crippen LogP contribution in [0.2, 0.25) is 0 Å². The molecule has 0 radical (unpaired) electrons. The Morgan fingerprint density at radius 2 is 2.42 bits per heavy atom. The van der Waals surface area contributed by atoms with Gasteiger partial charge in [-0.05, 0) is 25.1 Å². The van der Waals surface area contributed by atoms with Crippen molar-refractivity contribution in [1.82, 2.24) is 10.3 Å². The van der Waals surface area contributed by atoms with Crippen molar-refractivity contribution in [1.29, 1.82) is 0 Å². The lowest BCUT2D eigenvalue weighted by atomic mass is 10.1. The van der Waals surface area contributed by atoms with Crippen LogP contribution in [0.1, 0.15) is 22.8 Å². The predicted molar refractivity (Wildman–Crippen MR) is 68.7 cm³/mol. The minimum atomic E-state index is -0.420. The molecule has 1 amide bonds. The number of carbonyl (C=O) groups is 1. The number of nitrogen functional groups attached to an aromatic ring is 1. The zero-order valence-electron chi connectivity index (χ0n) is 10.9.